The van der Waals surface area contributed by atoms with Gasteiger partial charge in [-0.05, 0) is 30.7 Å². The Kier molecular flexibility index (Phi) is 6.71. The molecule has 154 valence electrons. The highest BCUT2D eigenvalue weighted by molar-refractivity contribution is 7.22. The molecule has 0 saturated carbocycles. The van der Waals surface area contributed by atoms with E-state index in [1.807, 2.05) is 25.1 Å². The first-order chi connectivity index (χ1) is 13.9. The summed E-state index contributed by atoms with van der Waals surface area (Å²) in [6.07, 6.45) is 0.879. The summed E-state index contributed by atoms with van der Waals surface area (Å²) in [4.78, 5) is 21.4. The lowest BCUT2D eigenvalue weighted by atomic mass is 10.1. The number of hydrogen-bond acceptors (Lipinski definition) is 5. The minimum absolute atomic E-state index is 0.104. The Hall–Kier alpha value is -2.64. The van der Waals surface area contributed by atoms with Gasteiger partial charge in [0.2, 0.25) is 0 Å². The van der Waals surface area contributed by atoms with Crippen molar-refractivity contribution in [1.82, 2.24) is 4.98 Å². The molecule has 1 N–H and O–H groups in total. The lowest BCUT2D eigenvalue weighted by Crippen LogP contribution is -3.05. The number of benzene rings is 2. The Morgan fingerprint density at radius 1 is 1.14 bits per heavy atom. The number of aryl methyl sites for hydroxylation is 1. The number of methoxy groups -OCH3 is 2. The van der Waals surface area contributed by atoms with E-state index in [0.717, 1.165) is 33.9 Å². The first-order valence-corrected chi connectivity index (χ1v) is 10.4. The minimum Gasteiger partial charge on any atom is -0.497 e. The number of fused-ring (bicyclic) bond motifs is 1. The number of anilines is 1. The van der Waals surface area contributed by atoms with Crippen LogP contribution in [-0.2, 0) is 0 Å². The SMILES string of the molecule is COc1cc(OC)cc(C(=O)N(CCC[NH+](C)C)c2nc3c(C)cccc3s2)c1. The number of quaternary nitrogens is 1. The van der Waals surface area contributed by atoms with E-state index < -0.39 is 0 Å². The molecule has 0 aliphatic rings. The van der Waals surface area contributed by atoms with Crippen molar-refractivity contribution >= 4 is 32.6 Å². The largest absolute Gasteiger partial charge is 0.497 e. The van der Waals surface area contributed by atoms with Crippen molar-refractivity contribution in [2.75, 3.05) is 46.3 Å². The van der Waals surface area contributed by atoms with E-state index in [2.05, 4.69) is 14.1 Å². The average molecular weight is 415 g/mol. The van der Waals surface area contributed by atoms with E-state index in [9.17, 15) is 4.79 Å². The number of thiazole rings is 1. The van der Waals surface area contributed by atoms with Crippen LogP contribution in [0, 0.1) is 6.92 Å². The molecule has 2 aromatic carbocycles. The number of rotatable bonds is 8. The molecule has 1 aromatic heterocycles. The molecule has 1 amide bonds. The Balaban J connectivity index is 2.00. The molecule has 0 radical (unpaired) electrons. The summed E-state index contributed by atoms with van der Waals surface area (Å²) < 4.78 is 11.8. The lowest BCUT2D eigenvalue weighted by Gasteiger charge is -2.21. The van der Waals surface area contributed by atoms with Crippen LogP contribution in [0.4, 0.5) is 5.13 Å². The summed E-state index contributed by atoms with van der Waals surface area (Å²) in [6.45, 7) is 3.61. The Bertz CT molecular complexity index is 978. The summed E-state index contributed by atoms with van der Waals surface area (Å²) in [6, 6.07) is 11.4. The third-order valence-corrected chi connectivity index (χ3v) is 5.79. The standard InChI is InChI=1S/C22H27N3O3S/c1-15-8-6-9-19-20(15)23-22(29-19)25(11-7-10-24(2)3)21(26)16-12-17(27-4)14-18(13-16)28-5/h6,8-9,12-14H,7,10-11H2,1-5H3/p+1. The van der Waals surface area contributed by atoms with Crippen molar-refractivity contribution < 1.29 is 19.2 Å². The van der Waals surface area contributed by atoms with Crippen LogP contribution < -0.4 is 19.3 Å². The second-order valence-electron chi connectivity index (χ2n) is 7.29. The van der Waals surface area contributed by atoms with Crippen LogP contribution in [0.5, 0.6) is 11.5 Å². The number of carbonyl (C=O) groups excluding carboxylic acids is 1. The number of para-hydroxylation sites is 1. The van der Waals surface area contributed by atoms with Crippen molar-refractivity contribution in [3.05, 3.63) is 47.5 Å². The molecule has 7 heteroatoms. The third kappa shape index (κ3) is 4.86. The van der Waals surface area contributed by atoms with Crippen molar-refractivity contribution in [2.24, 2.45) is 0 Å². The van der Waals surface area contributed by atoms with Gasteiger partial charge in [0.1, 0.15) is 11.5 Å². The van der Waals surface area contributed by atoms with Crippen molar-refractivity contribution in [2.45, 2.75) is 13.3 Å². The zero-order chi connectivity index (χ0) is 21.0. The summed E-state index contributed by atoms with van der Waals surface area (Å²) in [7, 11) is 7.38. The summed E-state index contributed by atoms with van der Waals surface area (Å²) >= 11 is 1.55. The molecule has 3 aromatic rings. The van der Waals surface area contributed by atoms with Gasteiger partial charge in [0.05, 0.1) is 45.1 Å². The normalized spacial score (nSPS) is 11.1. The van der Waals surface area contributed by atoms with Crippen LogP contribution >= 0.6 is 11.3 Å². The van der Waals surface area contributed by atoms with Gasteiger partial charge in [-0.3, -0.25) is 9.69 Å². The summed E-state index contributed by atoms with van der Waals surface area (Å²) in [5, 5.41) is 0.717. The fourth-order valence-electron chi connectivity index (χ4n) is 3.15. The molecular formula is C22H28N3O3S+. The molecular weight excluding hydrogens is 386 g/mol. The van der Waals surface area contributed by atoms with Crippen LogP contribution in [0.1, 0.15) is 22.3 Å². The Morgan fingerprint density at radius 3 is 2.41 bits per heavy atom. The first-order valence-electron chi connectivity index (χ1n) is 9.63. The molecule has 1 heterocycles. The summed E-state index contributed by atoms with van der Waals surface area (Å²) in [5.41, 5.74) is 2.58. The predicted octanol–water partition coefficient (Wildman–Crippen LogP) is 2.80. The number of carbonyl (C=O) groups is 1. The van der Waals surface area contributed by atoms with Crippen LogP contribution in [0.15, 0.2) is 36.4 Å². The topological polar surface area (TPSA) is 56.1 Å². The van der Waals surface area contributed by atoms with E-state index in [0.29, 0.717) is 23.6 Å². The van der Waals surface area contributed by atoms with Crippen LogP contribution in [0.2, 0.25) is 0 Å². The fourth-order valence-corrected chi connectivity index (χ4v) is 4.22. The van der Waals surface area contributed by atoms with Gasteiger partial charge in [0.25, 0.3) is 5.91 Å². The lowest BCUT2D eigenvalue weighted by molar-refractivity contribution is -0.858. The maximum Gasteiger partial charge on any atom is 0.260 e. The van der Waals surface area contributed by atoms with Crippen molar-refractivity contribution in [1.29, 1.82) is 0 Å². The number of hydrogen-bond donors (Lipinski definition) is 1. The van der Waals surface area contributed by atoms with Gasteiger partial charge in [0.15, 0.2) is 5.13 Å². The highest BCUT2D eigenvalue weighted by atomic mass is 32.1. The molecule has 0 aliphatic carbocycles. The van der Waals surface area contributed by atoms with Crippen LogP contribution in [-0.4, -0.2) is 52.3 Å². The zero-order valence-corrected chi connectivity index (χ0v) is 18.4. The average Bonchev–Trinajstić information content (AvgIpc) is 3.15. The zero-order valence-electron chi connectivity index (χ0n) is 17.6. The number of aromatic nitrogens is 1. The van der Waals surface area contributed by atoms with Gasteiger partial charge in [-0.25, -0.2) is 4.98 Å². The smallest absolute Gasteiger partial charge is 0.260 e. The molecule has 0 spiro atoms. The van der Waals surface area contributed by atoms with Crippen molar-refractivity contribution in [3.63, 3.8) is 0 Å². The van der Waals surface area contributed by atoms with E-state index in [1.165, 1.54) is 4.90 Å². The highest BCUT2D eigenvalue weighted by Gasteiger charge is 2.23. The van der Waals surface area contributed by atoms with Crippen LogP contribution in [0.3, 0.4) is 0 Å². The van der Waals surface area contributed by atoms with E-state index in [1.54, 1.807) is 48.7 Å². The molecule has 0 atom stereocenters. The number of nitrogens with one attached hydrogen (secondary N) is 1. The number of ether oxygens (including phenoxy) is 2. The summed E-state index contributed by atoms with van der Waals surface area (Å²) in [5.74, 6) is 1.07. The monoisotopic (exact) mass is 414 g/mol. The minimum atomic E-state index is -0.104. The maximum atomic E-state index is 13.5. The van der Waals surface area contributed by atoms with E-state index in [4.69, 9.17) is 14.5 Å². The molecule has 0 bridgehead atoms. The third-order valence-electron chi connectivity index (χ3n) is 4.74. The Labute approximate surface area is 175 Å². The highest BCUT2D eigenvalue weighted by Crippen LogP contribution is 2.32. The molecule has 3 rings (SSSR count). The number of nitrogens with zero attached hydrogens (tertiary/aromatic N) is 2. The second-order valence-corrected chi connectivity index (χ2v) is 8.30. The fraction of sp³-hybridized carbons (Fsp3) is 0.364. The second kappa shape index (κ2) is 9.24. The number of amides is 1. The van der Waals surface area contributed by atoms with E-state index in [-0.39, 0.29) is 5.91 Å². The van der Waals surface area contributed by atoms with Gasteiger partial charge in [-0.2, -0.15) is 0 Å². The van der Waals surface area contributed by atoms with Gasteiger partial charge in [-0.15, -0.1) is 0 Å². The van der Waals surface area contributed by atoms with Gasteiger partial charge in [0, 0.05) is 24.6 Å². The van der Waals surface area contributed by atoms with Gasteiger partial charge < -0.3 is 14.4 Å². The molecule has 29 heavy (non-hydrogen) atoms. The van der Waals surface area contributed by atoms with Gasteiger partial charge in [-0.1, -0.05) is 23.5 Å². The molecule has 6 nitrogen and oxygen atoms in total. The van der Waals surface area contributed by atoms with E-state index >= 15 is 0 Å². The van der Waals surface area contributed by atoms with Gasteiger partial charge >= 0.3 is 0 Å². The molecule has 0 saturated heterocycles. The quantitative estimate of drug-likeness (QED) is 0.616. The van der Waals surface area contributed by atoms with Crippen LogP contribution in [0.25, 0.3) is 10.2 Å². The predicted molar refractivity (Wildman–Crippen MR) is 118 cm³/mol. The van der Waals surface area contributed by atoms with Crippen molar-refractivity contribution in [3.8, 4) is 11.5 Å². The molecule has 0 fully saturated rings. The first kappa shape index (κ1) is 21.1. The molecule has 0 unspecified atom stereocenters. The maximum absolute atomic E-state index is 13.5. The molecule has 0 aliphatic heterocycles. The Morgan fingerprint density at radius 2 is 1.83 bits per heavy atom.